The summed E-state index contributed by atoms with van der Waals surface area (Å²) in [5.41, 5.74) is 1.05. The lowest BCUT2D eigenvalue weighted by molar-refractivity contribution is 0.185. The maximum atomic E-state index is 12.2. The molecule has 0 bridgehead atoms. The van der Waals surface area contributed by atoms with Crippen LogP contribution in [0.2, 0.25) is 10.0 Å². The molecule has 0 radical (unpaired) electrons. The van der Waals surface area contributed by atoms with Crippen molar-refractivity contribution in [3.8, 4) is 0 Å². The van der Waals surface area contributed by atoms with Crippen molar-refractivity contribution in [1.29, 1.82) is 0 Å². The molecule has 1 saturated carbocycles. The molecule has 0 atom stereocenters. The van der Waals surface area contributed by atoms with Crippen molar-refractivity contribution in [3.05, 3.63) is 28.2 Å². The molecular formula is C23H36Cl2N4O. The molecule has 7 heteroatoms. The quantitative estimate of drug-likeness (QED) is 0.621. The molecular weight excluding hydrogens is 419 g/mol. The average molecular weight is 455 g/mol. The minimum absolute atomic E-state index is 0.0983. The van der Waals surface area contributed by atoms with Gasteiger partial charge in [0.25, 0.3) is 0 Å². The van der Waals surface area contributed by atoms with Crippen molar-refractivity contribution in [1.82, 2.24) is 15.1 Å². The number of piperazine rings is 1. The van der Waals surface area contributed by atoms with Crippen molar-refractivity contribution in [2.75, 3.05) is 50.7 Å². The molecule has 0 unspecified atom stereocenters. The van der Waals surface area contributed by atoms with Crippen LogP contribution in [0.25, 0.3) is 0 Å². The van der Waals surface area contributed by atoms with Gasteiger partial charge in [0.1, 0.15) is 0 Å². The van der Waals surface area contributed by atoms with Gasteiger partial charge in [0.2, 0.25) is 0 Å². The Bertz CT molecular complexity index is 682. The summed E-state index contributed by atoms with van der Waals surface area (Å²) in [6, 6.07) is 6.31. The van der Waals surface area contributed by atoms with E-state index in [0.717, 1.165) is 70.3 Å². The fourth-order valence-electron chi connectivity index (χ4n) is 4.69. The SMILES string of the molecule is CCN(CC)C(=O)N[C@H]1CC[C@H](CCN2CCN(c3cccc(Cl)c3Cl)CC2)CC1. The van der Waals surface area contributed by atoms with Gasteiger partial charge in [-0.2, -0.15) is 0 Å². The monoisotopic (exact) mass is 454 g/mol. The summed E-state index contributed by atoms with van der Waals surface area (Å²) in [5, 5.41) is 4.52. The lowest BCUT2D eigenvalue weighted by Gasteiger charge is -2.37. The Balaban J connectivity index is 1.35. The molecule has 0 aromatic heterocycles. The van der Waals surface area contributed by atoms with Crippen LogP contribution >= 0.6 is 23.2 Å². The Labute approximate surface area is 191 Å². The molecule has 168 valence electrons. The smallest absolute Gasteiger partial charge is 0.317 e. The Morgan fingerprint density at radius 2 is 1.73 bits per heavy atom. The minimum atomic E-state index is 0.0983. The minimum Gasteiger partial charge on any atom is -0.368 e. The molecule has 2 fully saturated rings. The number of hydrogen-bond donors (Lipinski definition) is 1. The van der Waals surface area contributed by atoms with E-state index in [-0.39, 0.29) is 6.03 Å². The van der Waals surface area contributed by atoms with Crippen LogP contribution in [0.5, 0.6) is 0 Å². The zero-order valence-corrected chi connectivity index (χ0v) is 19.9. The lowest BCUT2D eigenvalue weighted by atomic mass is 9.84. The van der Waals surface area contributed by atoms with Crippen molar-refractivity contribution in [2.45, 2.75) is 52.0 Å². The summed E-state index contributed by atoms with van der Waals surface area (Å²) in [7, 11) is 0. The number of benzene rings is 1. The van der Waals surface area contributed by atoms with E-state index < -0.39 is 0 Å². The third-order valence-corrected chi connectivity index (χ3v) is 7.53. The zero-order chi connectivity index (χ0) is 21.5. The second kappa shape index (κ2) is 11.4. The van der Waals surface area contributed by atoms with Crippen molar-refractivity contribution in [3.63, 3.8) is 0 Å². The van der Waals surface area contributed by atoms with Gasteiger partial charge in [-0.15, -0.1) is 0 Å². The van der Waals surface area contributed by atoms with E-state index in [0.29, 0.717) is 16.1 Å². The van der Waals surface area contributed by atoms with E-state index in [2.05, 4.69) is 21.2 Å². The maximum Gasteiger partial charge on any atom is 0.317 e. The number of nitrogens with zero attached hydrogens (tertiary/aromatic N) is 3. The van der Waals surface area contributed by atoms with Crippen molar-refractivity contribution in [2.24, 2.45) is 5.92 Å². The first-order chi connectivity index (χ1) is 14.5. The van der Waals surface area contributed by atoms with Crippen molar-refractivity contribution >= 4 is 34.9 Å². The Hall–Kier alpha value is -1.17. The standard InChI is InChI=1S/C23H36Cl2N4O/c1-3-28(4-2)23(30)26-19-10-8-18(9-11-19)12-13-27-14-16-29(17-15-27)21-7-5-6-20(24)22(21)25/h5-7,18-19H,3-4,8-17H2,1-2H3,(H,26,30)/t18-,19-. The first-order valence-electron chi connectivity index (χ1n) is 11.5. The number of rotatable bonds is 7. The number of urea groups is 1. The number of halogens is 2. The number of anilines is 1. The van der Waals surface area contributed by atoms with E-state index in [1.807, 2.05) is 30.9 Å². The molecule has 0 spiro atoms. The van der Waals surface area contributed by atoms with E-state index in [4.69, 9.17) is 23.2 Å². The molecule has 1 aliphatic carbocycles. The highest BCUT2D eigenvalue weighted by molar-refractivity contribution is 6.43. The van der Waals surface area contributed by atoms with Gasteiger partial charge in [0.05, 0.1) is 15.7 Å². The van der Waals surface area contributed by atoms with Crippen LogP contribution in [-0.2, 0) is 0 Å². The molecule has 5 nitrogen and oxygen atoms in total. The lowest BCUT2D eigenvalue weighted by Crippen LogP contribution is -2.47. The van der Waals surface area contributed by atoms with E-state index >= 15 is 0 Å². The van der Waals surface area contributed by atoms with Crippen molar-refractivity contribution < 1.29 is 4.79 Å². The summed E-state index contributed by atoms with van der Waals surface area (Å²) in [4.78, 5) is 19.0. The molecule has 1 aromatic rings. The fraction of sp³-hybridized carbons (Fsp3) is 0.696. The molecule has 1 N–H and O–H groups in total. The zero-order valence-electron chi connectivity index (χ0n) is 18.4. The predicted octanol–water partition coefficient (Wildman–Crippen LogP) is 5.12. The molecule has 1 aromatic carbocycles. The Morgan fingerprint density at radius 1 is 1.07 bits per heavy atom. The van der Waals surface area contributed by atoms with E-state index in [9.17, 15) is 4.79 Å². The van der Waals surface area contributed by atoms with Gasteiger partial charge in [-0.1, -0.05) is 29.3 Å². The van der Waals surface area contributed by atoms with E-state index in [1.165, 1.54) is 19.3 Å². The van der Waals surface area contributed by atoms with Crippen LogP contribution < -0.4 is 10.2 Å². The largest absolute Gasteiger partial charge is 0.368 e. The Kier molecular flexibility index (Phi) is 8.97. The first kappa shape index (κ1) is 23.5. The highest BCUT2D eigenvalue weighted by Gasteiger charge is 2.25. The third-order valence-electron chi connectivity index (χ3n) is 6.72. The second-order valence-electron chi connectivity index (χ2n) is 8.53. The number of amides is 2. The van der Waals surface area contributed by atoms with Crippen LogP contribution in [0, 0.1) is 5.92 Å². The highest BCUT2D eigenvalue weighted by atomic mass is 35.5. The highest BCUT2D eigenvalue weighted by Crippen LogP contribution is 2.33. The topological polar surface area (TPSA) is 38.8 Å². The van der Waals surface area contributed by atoms with E-state index in [1.54, 1.807) is 0 Å². The van der Waals surface area contributed by atoms with Crippen LogP contribution in [0.4, 0.5) is 10.5 Å². The Morgan fingerprint density at radius 3 is 2.37 bits per heavy atom. The molecule has 1 saturated heterocycles. The van der Waals surface area contributed by atoms with Gasteiger partial charge < -0.3 is 15.1 Å². The van der Waals surface area contributed by atoms with Crippen LogP contribution in [-0.4, -0.2) is 67.7 Å². The second-order valence-corrected chi connectivity index (χ2v) is 9.31. The number of carbonyl (C=O) groups is 1. The molecule has 1 heterocycles. The van der Waals surface area contributed by atoms with Gasteiger partial charge in [0.15, 0.2) is 0 Å². The number of nitrogens with one attached hydrogen (secondary N) is 1. The fourth-order valence-corrected chi connectivity index (χ4v) is 5.10. The normalized spacial score (nSPS) is 22.7. The van der Waals surface area contributed by atoms with Gasteiger partial charge in [-0.05, 0) is 70.5 Å². The van der Waals surface area contributed by atoms with Crippen LogP contribution in [0.3, 0.4) is 0 Å². The summed E-state index contributed by atoms with van der Waals surface area (Å²) in [6.45, 7) is 10.9. The predicted molar refractivity (Wildman–Crippen MR) is 127 cm³/mol. The molecule has 3 rings (SSSR count). The summed E-state index contributed by atoms with van der Waals surface area (Å²) < 4.78 is 0. The first-order valence-corrected chi connectivity index (χ1v) is 12.2. The molecule has 2 amide bonds. The summed E-state index contributed by atoms with van der Waals surface area (Å²) in [5.74, 6) is 0.784. The maximum absolute atomic E-state index is 12.2. The third kappa shape index (κ3) is 6.18. The molecule has 2 aliphatic rings. The van der Waals surface area contributed by atoms with Gasteiger partial charge >= 0.3 is 6.03 Å². The molecule has 30 heavy (non-hydrogen) atoms. The van der Waals surface area contributed by atoms with Crippen LogP contribution in [0.1, 0.15) is 46.0 Å². The summed E-state index contributed by atoms with van der Waals surface area (Å²) in [6.07, 6.45) is 5.93. The van der Waals surface area contributed by atoms with Crippen LogP contribution in [0.15, 0.2) is 18.2 Å². The summed E-state index contributed by atoms with van der Waals surface area (Å²) >= 11 is 12.6. The average Bonchev–Trinajstić information content (AvgIpc) is 2.76. The van der Waals surface area contributed by atoms with Gasteiger partial charge in [-0.3, -0.25) is 4.90 Å². The number of hydrogen-bond acceptors (Lipinski definition) is 3. The van der Waals surface area contributed by atoms with Gasteiger partial charge in [-0.25, -0.2) is 4.79 Å². The molecule has 1 aliphatic heterocycles. The van der Waals surface area contributed by atoms with Gasteiger partial charge in [0, 0.05) is 45.3 Å². The number of carbonyl (C=O) groups excluding carboxylic acids is 1.